The topological polar surface area (TPSA) is 116 Å². The second-order valence-corrected chi connectivity index (χ2v) is 6.90. The van der Waals surface area contributed by atoms with Gasteiger partial charge < -0.3 is 15.3 Å². The van der Waals surface area contributed by atoms with Gasteiger partial charge in [-0.25, -0.2) is 0 Å². The van der Waals surface area contributed by atoms with Gasteiger partial charge in [-0.15, -0.1) is 0 Å². The largest absolute Gasteiger partial charge is 0.481 e. The van der Waals surface area contributed by atoms with Crippen LogP contribution >= 0.6 is 0 Å². The summed E-state index contributed by atoms with van der Waals surface area (Å²) in [4.78, 5) is 48.0. The van der Waals surface area contributed by atoms with E-state index in [2.05, 4.69) is 10.6 Å². The molecule has 0 spiro atoms. The SMILES string of the molecule is O=C(O)CCCCCNc1ccc2c(c1)CN(C1CCC(=O)NC1=O)C2=O. The highest BCUT2D eigenvalue weighted by Crippen LogP contribution is 2.29. The smallest absolute Gasteiger partial charge is 0.303 e. The van der Waals surface area contributed by atoms with Gasteiger partial charge in [-0.3, -0.25) is 24.5 Å². The summed E-state index contributed by atoms with van der Waals surface area (Å²) in [6, 6.07) is 4.91. The second-order valence-electron chi connectivity index (χ2n) is 6.90. The summed E-state index contributed by atoms with van der Waals surface area (Å²) in [5.74, 6) is -1.66. The number of fused-ring (bicyclic) bond motifs is 1. The van der Waals surface area contributed by atoms with Crippen molar-refractivity contribution in [1.29, 1.82) is 0 Å². The van der Waals surface area contributed by atoms with Gasteiger partial charge in [0.15, 0.2) is 0 Å². The standard InChI is InChI=1S/C19H23N3O5/c23-16-8-7-15(18(26)21-16)22-11-12-10-13(5-6-14(12)19(22)27)20-9-3-1-2-4-17(24)25/h5-6,10,15,20H,1-4,7-9,11H2,(H,24,25)(H,21,23,26). The van der Waals surface area contributed by atoms with E-state index in [0.717, 1.165) is 30.6 Å². The van der Waals surface area contributed by atoms with E-state index >= 15 is 0 Å². The molecule has 1 atom stereocenters. The molecule has 1 aromatic rings. The summed E-state index contributed by atoms with van der Waals surface area (Å²) in [6.45, 7) is 1.08. The molecule has 1 aromatic carbocycles. The first kappa shape index (κ1) is 18.9. The zero-order valence-electron chi connectivity index (χ0n) is 15.0. The number of rotatable bonds is 8. The molecule has 8 heteroatoms. The Morgan fingerprint density at radius 1 is 1.22 bits per heavy atom. The van der Waals surface area contributed by atoms with Gasteiger partial charge in [-0.1, -0.05) is 6.42 Å². The van der Waals surface area contributed by atoms with Crippen LogP contribution in [0.1, 0.15) is 54.4 Å². The number of amides is 3. The van der Waals surface area contributed by atoms with Gasteiger partial charge in [0.25, 0.3) is 5.91 Å². The number of carbonyl (C=O) groups is 4. The Labute approximate surface area is 156 Å². The number of nitrogens with zero attached hydrogens (tertiary/aromatic N) is 1. The number of carboxylic acid groups (broad SMARTS) is 1. The van der Waals surface area contributed by atoms with Crippen molar-refractivity contribution in [2.45, 2.75) is 51.1 Å². The van der Waals surface area contributed by atoms with Crippen molar-refractivity contribution in [1.82, 2.24) is 10.2 Å². The number of aliphatic carboxylic acids is 1. The number of piperidine rings is 1. The number of hydrogen-bond acceptors (Lipinski definition) is 5. The Kier molecular flexibility index (Phi) is 5.73. The van der Waals surface area contributed by atoms with Gasteiger partial charge in [-0.05, 0) is 43.0 Å². The average Bonchev–Trinajstić information content (AvgIpc) is 2.94. The molecule has 8 nitrogen and oxygen atoms in total. The highest BCUT2D eigenvalue weighted by Gasteiger charge is 2.38. The minimum atomic E-state index is -0.771. The lowest BCUT2D eigenvalue weighted by Crippen LogP contribution is -2.52. The Balaban J connectivity index is 1.55. The lowest BCUT2D eigenvalue weighted by Gasteiger charge is -2.29. The van der Waals surface area contributed by atoms with Crippen LogP contribution in [0.15, 0.2) is 18.2 Å². The zero-order chi connectivity index (χ0) is 19.4. The molecule has 3 amide bonds. The molecular formula is C19H23N3O5. The van der Waals surface area contributed by atoms with Crippen molar-refractivity contribution in [3.63, 3.8) is 0 Å². The van der Waals surface area contributed by atoms with Crippen molar-refractivity contribution in [3.05, 3.63) is 29.3 Å². The Bertz CT molecular complexity index is 777. The van der Waals surface area contributed by atoms with Crippen LogP contribution < -0.4 is 10.6 Å². The molecule has 2 aliphatic heterocycles. The monoisotopic (exact) mass is 373 g/mol. The summed E-state index contributed by atoms with van der Waals surface area (Å²) in [7, 11) is 0. The molecule has 0 saturated carbocycles. The van der Waals surface area contributed by atoms with E-state index in [1.807, 2.05) is 12.1 Å². The maximum Gasteiger partial charge on any atom is 0.303 e. The van der Waals surface area contributed by atoms with Gasteiger partial charge in [0.1, 0.15) is 6.04 Å². The summed E-state index contributed by atoms with van der Waals surface area (Å²) in [6.07, 6.45) is 3.16. The first-order valence-electron chi connectivity index (χ1n) is 9.19. The van der Waals surface area contributed by atoms with E-state index in [1.54, 1.807) is 6.07 Å². The minimum absolute atomic E-state index is 0.181. The Morgan fingerprint density at radius 3 is 2.78 bits per heavy atom. The van der Waals surface area contributed by atoms with Crippen molar-refractivity contribution in [2.24, 2.45) is 0 Å². The molecule has 0 aromatic heterocycles. The number of carbonyl (C=O) groups excluding carboxylic acids is 3. The molecule has 3 rings (SSSR count). The van der Waals surface area contributed by atoms with Gasteiger partial charge >= 0.3 is 5.97 Å². The Hall–Kier alpha value is -2.90. The van der Waals surface area contributed by atoms with Crippen molar-refractivity contribution in [3.8, 4) is 0 Å². The van der Waals surface area contributed by atoms with Crippen LogP contribution in [0, 0.1) is 0 Å². The normalized spacial score (nSPS) is 19.0. The fourth-order valence-corrected chi connectivity index (χ4v) is 3.50. The number of benzene rings is 1. The van der Waals surface area contributed by atoms with Crippen molar-refractivity contribution in [2.75, 3.05) is 11.9 Å². The summed E-state index contributed by atoms with van der Waals surface area (Å²) in [5, 5.41) is 14.2. The third-order valence-corrected chi connectivity index (χ3v) is 4.92. The van der Waals surface area contributed by atoms with Crippen LogP contribution in [0.4, 0.5) is 5.69 Å². The first-order valence-corrected chi connectivity index (χ1v) is 9.19. The quantitative estimate of drug-likeness (QED) is 0.470. The van der Waals surface area contributed by atoms with E-state index in [1.165, 1.54) is 4.90 Å². The maximum atomic E-state index is 12.6. The van der Waals surface area contributed by atoms with Crippen molar-refractivity contribution >= 4 is 29.4 Å². The van der Waals surface area contributed by atoms with Gasteiger partial charge in [-0.2, -0.15) is 0 Å². The molecule has 1 unspecified atom stereocenters. The van der Waals surface area contributed by atoms with Gasteiger partial charge in [0.05, 0.1) is 0 Å². The highest BCUT2D eigenvalue weighted by molar-refractivity contribution is 6.05. The molecule has 1 saturated heterocycles. The van der Waals surface area contributed by atoms with E-state index < -0.39 is 17.9 Å². The van der Waals surface area contributed by atoms with E-state index in [0.29, 0.717) is 24.9 Å². The van der Waals surface area contributed by atoms with Gasteiger partial charge in [0.2, 0.25) is 11.8 Å². The number of carboxylic acids is 1. The summed E-state index contributed by atoms with van der Waals surface area (Å²) >= 11 is 0. The van der Waals surface area contributed by atoms with Crippen LogP contribution in [-0.2, 0) is 20.9 Å². The molecule has 0 bridgehead atoms. The predicted molar refractivity (Wildman–Crippen MR) is 97.1 cm³/mol. The summed E-state index contributed by atoms with van der Waals surface area (Å²) < 4.78 is 0. The van der Waals surface area contributed by atoms with Crippen molar-refractivity contribution < 1.29 is 24.3 Å². The summed E-state index contributed by atoms with van der Waals surface area (Å²) in [5.41, 5.74) is 2.34. The highest BCUT2D eigenvalue weighted by atomic mass is 16.4. The molecule has 27 heavy (non-hydrogen) atoms. The van der Waals surface area contributed by atoms with E-state index in [-0.39, 0.29) is 24.7 Å². The first-order chi connectivity index (χ1) is 13.0. The number of imide groups is 1. The molecule has 2 aliphatic rings. The molecule has 1 fully saturated rings. The fraction of sp³-hybridized carbons (Fsp3) is 0.474. The van der Waals surface area contributed by atoms with Crippen LogP contribution in [0.5, 0.6) is 0 Å². The lowest BCUT2D eigenvalue weighted by molar-refractivity contribution is -0.138. The zero-order valence-corrected chi connectivity index (χ0v) is 15.0. The van der Waals surface area contributed by atoms with Crippen LogP contribution in [0.2, 0.25) is 0 Å². The number of hydrogen-bond donors (Lipinski definition) is 3. The van der Waals surface area contributed by atoms with Crippen LogP contribution in [-0.4, -0.2) is 46.3 Å². The molecule has 3 N–H and O–H groups in total. The number of unbranched alkanes of at least 4 members (excludes halogenated alkanes) is 2. The molecule has 144 valence electrons. The maximum absolute atomic E-state index is 12.6. The predicted octanol–water partition coefficient (Wildman–Crippen LogP) is 1.50. The van der Waals surface area contributed by atoms with Gasteiger partial charge in [0, 0.05) is 37.2 Å². The third-order valence-electron chi connectivity index (χ3n) is 4.92. The second kappa shape index (κ2) is 8.20. The minimum Gasteiger partial charge on any atom is -0.481 e. The molecule has 0 aliphatic carbocycles. The third kappa shape index (κ3) is 4.45. The van der Waals surface area contributed by atoms with E-state index in [9.17, 15) is 19.2 Å². The van der Waals surface area contributed by atoms with Crippen LogP contribution in [0.3, 0.4) is 0 Å². The molecule has 2 heterocycles. The Morgan fingerprint density at radius 2 is 2.04 bits per heavy atom. The van der Waals surface area contributed by atoms with E-state index in [4.69, 9.17) is 5.11 Å². The number of anilines is 1. The molecule has 0 radical (unpaired) electrons. The van der Waals surface area contributed by atoms with Crippen LogP contribution in [0.25, 0.3) is 0 Å². The number of nitrogens with one attached hydrogen (secondary N) is 2. The lowest BCUT2D eigenvalue weighted by atomic mass is 10.0. The molecular weight excluding hydrogens is 350 g/mol. The average molecular weight is 373 g/mol. The fourth-order valence-electron chi connectivity index (χ4n) is 3.50.